The normalized spacial score (nSPS) is 10.6. The number of benzene rings is 2. The van der Waals surface area contributed by atoms with Crippen molar-refractivity contribution in [1.82, 2.24) is 0 Å². The van der Waals surface area contributed by atoms with Gasteiger partial charge >= 0.3 is 0 Å². The highest BCUT2D eigenvalue weighted by Gasteiger charge is 1.97. The summed E-state index contributed by atoms with van der Waals surface area (Å²) in [4.78, 5) is 0. The molecule has 0 unspecified atom stereocenters. The van der Waals surface area contributed by atoms with Gasteiger partial charge in [0.25, 0.3) is 0 Å². The highest BCUT2D eigenvalue weighted by atomic mass is 35.5. The lowest BCUT2D eigenvalue weighted by molar-refractivity contribution is 0.893. The fourth-order valence-electron chi connectivity index (χ4n) is 1.85. The van der Waals surface area contributed by atoms with Gasteiger partial charge in [0.15, 0.2) is 0 Å². The van der Waals surface area contributed by atoms with Crippen LogP contribution >= 0.6 is 23.2 Å². The summed E-state index contributed by atoms with van der Waals surface area (Å²) in [5.41, 5.74) is 2.58. The first kappa shape index (κ1) is 13.5. The Hall–Kier alpha value is -0.980. The third-order valence-electron chi connectivity index (χ3n) is 2.82. The second-order valence-electron chi connectivity index (χ2n) is 4.29. The molecule has 0 aromatic heterocycles. The Morgan fingerprint density at radius 1 is 0.833 bits per heavy atom. The van der Waals surface area contributed by atoms with E-state index in [-0.39, 0.29) is 0 Å². The monoisotopic (exact) mass is 277 g/mol. The fraction of sp³-hybridized carbons (Fsp3) is 0.188. The van der Waals surface area contributed by atoms with Crippen molar-refractivity contribution in [3.8, 4) is 0 Å². The molecule has 0 atom stereocenters. The van der Waals surface area contributed by atoms with Crippen molar-refractivity contribution in [2.75, 3.05) is 0 Å². The van der Waals surface area contributed by atoms with Crippen LogP contribution < -0.4 is 0 Å². The molecular formula is C16H15Cl2. The Bertz CT molecular complexity index is 489. The summed E-state index contributed by atoms with van der Waals surface area (Å²) in [6.45, 7) is 0. The van der Waals surface area contributed by atoms with Crippen LogP contribution in [0.15, 0.2) is 48.5 Å². The maximum Gasteiger partial charge on any atom is 0.0408 e. The molecule has 18 heavy (non-hydrogen) atoms. The van der Waals surface area contributed by atoms with Crippen LogP contribution in [0.5, 0.6) is 0 Å². The highest BCUT2D eigenvalue weighted by Crippen LogP contribution is 2.14. The van der Waals surface area contributed by atoms with Crippen LogP contribution in [-0.2, 0) is 12.8 Å². The van der Waals surface area contributed by atoms with E-state index in [1.807, 2.05) is 30.3 Å². The van der Waals surface area contributed by atoms with E-state index in [1.165, 1.54) is 11.1 Å². The molecule has 0 spiro atoms. The SMILES string of the molecule is Clc1ccc(C[CH]CCc2cccc(Cl)c2)cc1. The van der Waals surface area contributed by atoms with Crippen molar-refractivity contribution in [2.24, 2.45) is 0 Å². The van der Waals surface area contributed by atoms with E-state index in [9.17, 15) is 0 Å². The average Bonchev–Trinajstić information content (AvgIpc) is 2.37. The number of hydrogen-bond acceptors (Lipinski definition) is 0. The molecule has 0 heterocycles. The first-order valence-electron chi connectivity index (χ1n) is 6.04. The van der Waals surface area contributed by atoms with Crippen LogP contribution in [0.4, 0.5) is 0 Å². The molecule has 0 amide bonds. The van der Waals surface area contributed by atoms with E-state index < -0.39 is 0 Å². The van der Waals surface area contributed by atoms with Gasteiger partial charge in [-0.1, -0.05) is 47.5 Å². The second kappa shape index (κ2) is 6.82. The fourth-order valence-corrected chi connectivity index (χ4v) is 2.19. The molecule has 0 aliphatic rings. The predicted octanol–water partition coefficient (Wildman–Crippen LogP) is 5.37. The lowest BCUT2D eigenvalue weighted by atomic mass is 10.0. The van der Waals surface area contributed by atoms with Gasteiger partial charge in [-0.25, -0.2) is 0 Å². The van der Waals surface area contributed by atoms with Gasteiger partial charge in [-0.3, -0.25) is 0 Å². The quantitative estimate of drug-likeness (QED) is 0.645. The minimum absolute atomic E-state index is 0.790. The van der Waals surface area contributed by atoms with Crippen molar-refractivity contribution >= 4 is 23.2 Å². The zero-order valence-electron chi connectivity index (χ0n) is 10.1. The molecule has 2 aromatic rings. The Balaban J connectivity index is 1.74. The summed E-state index contributed by atoms with van der Waals surface area (Å²) < 4.78 is 0. The number of rotatable bonds is 5. The topological polar surface area (TPSA) is 0 Å². The van der Waals surface area contributed by atoms with E-state index in [1.54, 1.807) is 0 Å². The van der Waals surface area contributed by atoms with Crippen LogP contribution in [0.3, 0.4) is 0 Å². The average molecular weight is 278 g/mol. The van der Waals surface area contributed by atoms with Crippen LogP contribution in [0.2, 0.25) is 10.0 Å². The predicted molar refractivity (Wildman–Crippen MR) is 79.2 cm³/mol. The molecule has 0 fully saturated rings. The number of halogens is 2. The van der Waals surface area contributed by atoms with E-state index in [4.69, 9.17) is 23.2 Å². The first-order valence-corrected chi connectivity index (χ1v) is 6.80. The van der Waals surface area contributed by atoms with Crippen LogP contribution in [0, 0.1) is 6.42 Å². The smallest absolute Gasteiger partial charge is 0.0408 e. The molecule has 93 valence electrons. The summed E-state index contributed by atoms with van der Waals surface area (Å²) >= 11 is 11.8. The van der Waals surface area contributed by atoms with Crippen molar-refractivity contribution in [3.63, 3.8) is 0 Å². The number of hydrogen-bond donors (Lipinski definition) is 0. The molecular weight excluding hydrogens is 263 g/mol. The molecule has 2 heteroatoms. The van der Waals surface area contributed by atoms with Gasteiger partial charge in [-0.15, -0.1) is 0 Å². The molecule has 0 N–H and O–H groups in total. The zero-order valence-corrected chi connectivity index (χ0v) is 11.6. The summed E-state index contributed by atoms with van der Waals surface area (Å²) in [7, 11) is 0. The maximum atomic E-state index is 5.95. The summed E-state index contributed by atoms with van der Waals surface area (Å²) in [5.74, 6) is 0. The van der Waals surface area contributed by atoms with Crippen molar-refractivity contribution in [3.05, 3.63) is 76.1 Å². The summed E-state index contributed by atoms with van der Waals surface area (Å²) in [6.07, 6.45) is 5.37. The third-order valence-corrected chi connectivity index (χ3v) is 3.31. The van der Waals surface area contributed by atoms with Gasteiger partial charge in [0.2, 0.25) is 0 Å². The Morgan fingerprint density at radius 2 is 1.61 bits per heavy atom. The van der Waals surface area contributed by atoms with Gasteiger partial charge < -0.3 is 0 Å². The third kappa shape index (κ3) is 4.36. The lowest BCUT2D eigenvalue weighted by Gasteiger charge is -2.03. The van der Waals surface area contributed by atoms with Gasteiger partial charge in [0, 0.05) is 10.0 Å². The maximum absolute atomic E-state index is 5.95. The van der Waals surface area contributed by atoms with E-state index in [0.717, 1.165) is 29.3 Å². The number of unbranched alkanes of at least 4 members (excludes halogenated alkanes) is 1. The summed E-state index contributed by atoms with van der Waals surface area (Å²) in [6, 6.07) is 16.0. The molecule has 0 saturated heterocycles. The zero-order chi connectivity index (χ0) is 12.8. The largest absolute Gasteiger partial charge is 0.0843 e. The van der Waals surface area contributed by atoms with Crippen LogP contribution in [0.25, 0.3) is 0 Å². The van der Waals surface area contributed by atoms with Crippen molar-refractivity contribution < 1.29 is 0 Å². The minimum Gasteiger partial charge on any atom is -0.0843 e. The molecule has 2 rings (SSSR count). The van der Waals surface area contributed by atoms with Gasteiger partial charge in [-0.05, 0) is 61.1 Å². The van der Waals surface area contributed by atoms with E-state index >= 15 is 0 Å². The molecule has 0 aliphatic carbocycles. The Labute approximate surface area is 119 Å². The highest BCUT2D eigenvalue weighted by molar-refractivity contribution is 6.30. The van der Waals surface area contributed by atoms with Gasteiger partial charge in [0.1, 0.15) is 0 Å². The standard InChI is InChI=1S/C16H15Cl2/c17-15-10-8-13(9-11-15)4-1-2-5-14-6-3-7-16(18)12-14/h1,3,6-12H,2,4-5H2. The van der Waals surface area contributed by atoms with E-state index in [0.29, 0.717) is 0 Å². The van der Waals surface area contributed by atoms with Crippen LogP contribution in [0.1, 0.15) is 17.5 Å². The minimum atomic E-state index is 0.790. The van der Waals surface area contributed by atoms with Crippen LogP contribution in [-0.4, -0.2) is 0 Å². The van der Waals surface area contributed by atoms with Crippen molar-refractivity contribution in [2.45, 2.75) is 19.3 Å². The Kier molecular flexibility index (Phi) is 5.10. The van der Waals surface area contributed by atoms with Gasteiger partial charge in [0.05, 0.1) is 0 Å². The van der Waals surface area contributed by atoms with Gasteiger partial charge in [-0.2, -0.15) is 0 Å². The van der Waals surface area contributed by atoms with Crippen molar-refractivity contribution in [1.29, 1.82) is 0 Å². The number of aryl methyl sites for hydroxylation is 1. The molecule has 0 nitrogen and oxygen atoms in total. The second-order valence-corrected chi connectivity index (χ2v) is 5.16. The molecule has 0 bridgehead atoms. The Morgan fingerprint density at radius 3 is 2.33 bits per heavy atom. The summed E-state index contributed by atoms with van der Waals surface area (Å²) in [5, 5.41) is 1.60. The molecule has 2 aromatic carbocycles. The van der Waals surface area contributed by atoms with E-state index in [2.05, 4.69) is 24.6 Å². The molecule has 1 radical (unpaired) electrons. The first-order chi connectivity index (χ1) is 8.74. The lowest BCUT2D eigenvalue weighted by Crippen LogP contribution is -1.90. The molecule has 0 saturated carbocycles. The molecule has 0 aliphatic heterocycles.